The molecule has 0 fully saturated rings. The molecule has 1 amide bonds. The van der Waals surface area contributed by atoms with E-state index in [0.29, 0.717) is 17.8 Å². The van der Waals surface area contributed by atoms with E-state index < -0.39 is 5.91 Å². The van der Waals surface area contributed by atoms with Crippen molar-refractivity contribution in [1.29, 1.82) is 5.26 Å². The van der Waals surface area contributed by atoms with Crippen LogP contribution in [-0.4, -0.2) is 20.7 Å². The van der Waals surface area contributed by atoms with Crippen LogP contribution in [0, 0.1) is 11.3 Å². The van der Waals surface area contributed by atoms with Crippen LogP contribution in [0.1, 0.15) is 11.1 Å². The maximum absolute atomic E-state index is 11.4. The quantitative estimate of drug-likeness (QED) is 0.574. The molecule has 2 aromatic heterocycles. The van der Waals surface area contributed by atoms with E-state index in [1.165, 1.54) is 6.08 Å². The average molecular weight is 329 g/mol. The van der Waals surface area contributed by atoms with Crippen molar-refractivity contribution in [2.45, 2.75) is 6.54 Å². The van der Waals surface area contributed by atoms with E-state index in [9.17, 15) is 4.79 Å². The molecule has 0 aliphatic heterocycles. The molecule has 0 radical (unpaired) electrons. The molecule has 3 aromatic rings. The van der Waals surface area contributed by atoms with Gasteiger partial charge >= 0.3 is 0 Å². The third-order valence-electron chi connectivity index (χ3n) is 3.60. The van der Waals surface area contributed by atoms with E-state index in [-0.39, 0.29) is 5.57 Å². The van der Waals surface area contributed by atoms with Gasteiger partial charge in [-0.25, -0.2) is 0 Å². The summed E-state index contributed by atoms with van der Waals surface area (Å²) in [5.74, 6) is -0.768. The Morgan fingerprint density at radius 2 is 2.04 bits per heavy atom. The molecule has 25 heavy (non-hydrogen) atoms. The van der Waals surface area contributed by atoms with Gasteiger partial charge in [0.1, 0.15) is 17.3 Å². The van der Waals surface area contributed by atoms with Crippen molar-refractivity contribution in [2.24, 2.45) is 5.73 Å². The number of rotatable bonds is 5. The number of aromatic nitrogens is 3. The average Bonchev–Trinajstić information content (AvgIpc) is 3.03. The van der Waals surface area contributed by atoms with E-state index in [0.717, 1.165) is 11.1 Å². The van der Waals surface area contributed by atoms with Crippen molar-refractivity contribution < 1.29 is 4.79 Å². The van der Waals surface area contributed by atoms with Gasteiger partial charge in [0.25, 0.3) is 5.91 Å². The largest absolute Gasteiger partial charge is 0.365 e. The van der Waals surface area contributed by atoms with E-state index in [2.05, 4.69) is 10.1 Å². The predicted octanol–water partition coefficient (Wildman–Crippen LogP) is 2.39. The summed E-state index contributed by atoms with van der Waals surface area (Å²) in [6.07, 6.45) is 6.60. The van der Waals surface area contributed by atoms with Crippen LogP contribution in [0.15, 0.2) is 66.6 Å². The lowest BCUT2D eigenvalue weighted by atomic mass is 10.1. The zero-order valence-corrected chi connectivity index (χ0v) is 13.3. The molecule has 0 saturated carbocycles. The van der Waals surface area contributed by atoms with Crippen molar-refractivity contribution in [2.75, 3.05) is 0 Å². The Kier molecular flexibility index (Phi) is 4.67. The zero-order chi connectivity index (χ0) is 17.6. The molecular weight excluding hydrogens is 314 g/mol. The topological polar surface area (TPSA) is 97.6 Å². The van der Waals surface area contributed by atoms with Gasteiger partial charge in [0.05, 0.1) is 6.54 Å². The normalized spacial score (nSPS) is 11.1. The number of carbonyl (C=O) groups is 1. The molecule has 0 saturated heterocycles. The van der Waals surface area contributed by atoms with E-state index in [4.69, 9.17) is 11.0 Å². The molecule has 0 unspecified atom stereocenters. The number of carbonyl (C=O) groups excluding carboxylic acids is 1. The fourth-order valence-electron chi connectivity index (χ4n) is 2.44. The van der Waals surface area contributed by atoms with Gasteiger partial charge in [-0.05, 0) is 23.8 Å². The van der Waals surface area contributed by atoms with Gasteiger partial charge in [0.2, 0.25) is 0 Å². The molecule has 3 rings (SSSR count). The first-order chi connectivity index (χ1) is 12.2. The summed E-state index contributed by atoms with van der Waals surface area (Å²) in [5.41, 5.74) is 8.28. The van der Waals surface area contributed by atoms with Crippen LogP contribution in [-0.2, 0) is 11.3 Å². The fourth-order valence-corrected chi connectivity index (χ4v) is 2.44. The molecule has 2 heterocycles. The summed E-state index contributed by atoms with van der Waals surface area (Å²) in [4.78, 5) is 15.5. The third-order valence-corrected chi connectivity index (χ3v) is 3.60. The van der Waals surface area contributed by atoms with Crippen molar-refractivity contribution >= 4 is 12.0 Å². The van der Waals surface area contributed by atoms with E-state index >= 15 is 0 Å². The molecule has 0 spiro atoms. The van der Waals surface area contributed by atoms with Crippen LogP contribution in [0.2, 0.25) is 0 Å². The number of nitrogens with two attached hydrogens (primary N) is 1. The lowest BCUT2D eigenvalue weighted by molar-refractivity contribution is -0.114. The summed E-state index contributed by atoms with van der Waals surface area (Å²) in [6, 6.07) is 15.4. The number of hydrogen-bond donors (Lipinski definition) is 1. The van der Waals surface area contributed by atoms with Crippen LogP contribution in [0.25, 0.3) is 17.3 Å². The maximum atomic E-state index is 11.4. The minimum atomic E-state index is -0.768. The zero-order valence-electron chi connectivity index (χ0n) is 13.3. The smallest absolute Gasteiger partial charge is 0.259 e. The number of nitriles is 1. The minimum Gasteiger partial charge on any atom is -0.365 e. The van der Waals surface area contributed by atoms with Gasteiger partial charge in [0, 0.05) is 29.7 Å². The number of pyridine rings is 1. The van der Waals surface area contributed by atoms with Gasteiger partial charge < -0.3 is 5.73 Å². The highest BCUT2D eigenvalue weighted by Gasteiger charge is 2.13. The molecule has 0 bridgehead atoms. The predicted molar refractivity (Wildman–Crippen MR) is 93.8 cm³/mol. The second-order valence-electron chi connectivity index (χ2n) is 5.39. The van der Waals surface area contributed by atoms with Gasteiger partial charge in [-0.2, -0.15) is 10.4 Å². The summed E-state index contributed by atoms with van der Waals surface area (Å²) in [5, 5.41) is 13.7. The molecule has 0 atom stereocenters. The molecule has 0 aliphatic rings. The molecule has 122 valence electrons. The summed E-state index contributed by atoms with van der Waals surface area (Å²) >= 11 is 0. The molecule has 1 aromatic carbocycles. The van der Waals surface area contributed by atoms with Crippen LogP contribution in [0.4, 0.5) is 0 Å². The van der Waals surface area contributed by atoms with Crippen LogP contribution < -0.4 is 5.73 Å². The van der Waals surface area contributed by atoms with Crippen LogP contribution in [0.3, 0.4) is 0 Å². The Balaban J connectivity index is 2.06. The van der Waals surface area contributed by atoms with Gasteiger partial charge in [-0.15, -0.1) is 0 Å². The molecule has 6 heteroatoms. The van der Waals surface area contributed by atoms with Gasteiger partial charge in [-0.1, -0.05) is 30.3 Å². The van der Waals surface area contributed by atoms with Crippen molar-refractivity contribution in [3.63, 3.8) is 0 Å². The number of amides is 1. The second kappa shape index (κ2) is 7.23. The van der Waals surface area contributed by atoms with Crippen LogP contribution >= 0.6 is 0 Å². The first-order valence-electron chi connectivity index (χ1n) is 7.61. The lowest BCUT2D eigenvalue weighted by Crippen LogP contribution is -2.12. The molecule has 0 aliphatic carbocycles. The molecule has 6 nitrogen and oxygen atoms in total. The summed E-state index contributed by atoms with van der Waals surface area (Å²) < 4.78 is 1.76. The van der Waals surface area contributed by atoms with Crippen molar-refractivity contribution in [3.05, 3.63) is 77.8 Å². The number of hydrogen-bond acceptors (Lipinski definition) is 4. The van der Waals surface area contributed by atoms with Gasteiger partial charge in [-0.3, -0.25) is 14.5 Å². The summed E-state index contributed by atoms with van der Waals surface area (Å²) in [6.45, 7) is 0.570. The number of benzene rings is 1. The second-order valence-corrected chi connectivity index (χ2v) is 5.39. The highest BCUT2D eigenvalue weighted by molar-refractivity contribution is 6.01. The van der Waals surface area contributed by atoms with Gasteiger partial charge in [0.15, 0.2) is 0 Å². The maximum Gasteiger partial charge on any atom is 0.259 e. The number of nitrogens with zero attached hydrogens (tertiary/aromatic N) is 4. The Bertz CT molecular complexity index is 952. The molecule has 2 N–H and O–H groups in total. The Morgan fingerprint density at radius 3 is 2.68 bits per heavy atom. The Labute approximate surface area is 144 Å². The highest BCUT2D eigenvalue weighted by Crippen LogP contribution is 2.24. The highest BCUT2D eigenvalue weighted by atomic mass is 16.1. The Hall–Kier alpha value is -3.72. The monoisotopic (exact) mass is 329 g/mol. The minimum absolute atomic E-state index is 0.121. The number of primary amides is 1. The van der Waals surface area contributed by atoms with Crippen molar-refractivity contribution in [3.8, 4) is 17.3 Å². The van der Waals surface area contributed by atoms with E-state index in [1.54, 1.807) is 29.3 Å². The fraction of sp³-hybridized carbons (Fsp3) is 0.0526. The van der Waals surface area contributed by atoms with Crippen LogP contribution in [0.5, 0.6) is 0 Å². The van der Waals surface area contributed by atoms with Crippen molar-refractivity contribution in [1.82, 2.24) is 14.8 Å². The summed E-state index contributed by atoms with van der Waals surface area (Å²) in [7, 11) is 0. The van der Waals surface area contributed by atoms with E-state index in [1.807, 2.05) is 42.5 Å². The lowest BCUT2D eigenvalue weighted by Gasteiger charge is -2.01. The Morgan fingerprint density at radius 1 is 1.24 bits per heavy atom. The molecular formula is C19H15N5O. The standard InChI is InChI=1S/C19H15N5O/c20-10-16(19(21)25)9-17-13-24(12-14-5-2-1-3-6-14)23-18(17)15-7-4-8-22-11-15/h1-9,11,13H,12H2,(H2,21,25). The third kappa shape index (κ3) is 3.79. The SMILES string of the molecule is N#CC(=Cc1cn(Cc2ccccc2)nc1-c1cccnc1)C(N)=O. The first kappa shape index (κ1) is 16.1. The first-order valence-corrected chi connectivity index (χ1v) is 7.61.